The number of carbonyl (C=O) groups excluding carboxylic acids is 1. The summed E-state index contributed by atoms with van der Waals surface area (Å²) < 4.78 is 33.4. The number of amides is 2. The molecular formula is C26H23N3O5S. The Morgan fingerprint density at radius 3 is 1.89 bits per heavy atom. The fourth-order valence-corrected chi connectivity index (χ4v) is 5.54. The molecule has 1 aromatic heterocycles. The van der Waals surface area contributed by atoms with Gasteiger partial charge in [-0.25, -0.2) is 9.59 Å². The molecule has 0 atom stereocenters. The van der Waals surface area contributed by atoms with Crippen LogP contribution in [-0.4, -0.2) is 24.6 Å². The molecule has 3 aromatic carbocycles. The number of urea groups is 1. The van der Waals surface area contributed by atoms with Gasteiger partial charge in [0.15, 0.2) is 5.58 Å². The molecule has 0 aliphatic carbocycles. The lowest BCUT2D eigenvalue weighted by molar-refractivity contribution is 0.233. The zero-order valence-electron chi connectivity index (χ0n) is 19.3. The van der Waals surface area contributed by atoms with Gasteiger partial charge in [0.2, 0.25) is 0 Å². The molecule has 0 saturated carbocycles. The molecule has 9 heteroatoms. The molecule has 178 valence electrons. The first-order valence-electron chi connectivity index (χ1n) is 10.7. The van der Waals surface area contributed by atoms with Crippen LogP contribution in [0.2, 0.25) is 0 Å². The molecule has 0 unspecified atom stereocenters. The van der Waals surface area contributed by atoms with Crippen LogP contribution in [0.1, 0.15) is 27.8 Å². The summed E-state index contributed by atoms with van der Waals surface area (Å²) in [5.74, 6) is 0. The number of fused-ring (bicyclic) bond motifs is 1. The van der Waals surface area contributed by atoms with Crippen LogP contribution in [0.3, 0.4) is 0 Å². The maximum absolute atomic E-state index is 13.9. The number of hydrogen-bond acceptors (Lipinski definition) is 6. The minimum atomic E-state index is -4.68. The molecule has 1 heterocycles. The first-order chi connectivity index (χ1) is 16.6. The van der Waals surface area contributed by atoms with Crippen LogP contribution in [-0.2, 0) is 10.0 Å². The van der Waals surface area contributed by atoms with Crippen LogP contribution in [0, 0.1) is 20.8 Å². The Hall–Kier alpha value is -4.24. The number of primary amides is 1. The fraction of sp³-hybridized carbons (Fsp3) is 0.115. The van der Waals surface area contributed by atoms with Gasteiger partial charge < -0.3 is 10.2 Å². The highest BCUT2D eigenvalue weighted by atomic mass is 32.2. The molecule has 2 N–H and O–H groups in total. The maximum Gasteiger partial charge on any atom is 0.350 e. The van der Waals surface area contributed by atoms with Gasteiger partial charge in [0.1, 0.15) is 4.90 Å². The van der Waals surface area contributed by atoms with Crippen molar-refractivity contribution in [1.82, 2.24) is 4.41 Å². The number of rotatable bonds is 5. The largest absolute Gasteiger partial charge is 0.421 e. The van der Waals surface area contributed by atoms with Gasteiger partial charge in [-0.3, -0.25) is 0 Å². The number of sulfonamides is 1. The van der Waals surface area contributed by atoms with Crippen LogP contribution in [0.25, 0.3) is 11.0 Å². The van der Waals surface area contributed by atoms with Crippen molar-refractivity contribution in [3.8, 4) is 0 Å². The molecule has 35 heavy (non-hydrogen) atoms. The summed E-state index contributed by atoms with van der Waals surface area (Å²) >= 11 is 0. The summed E-state index contributed by atoms with van der Waals surface area (Å²) in [6.07, 6.45) is 0. The number of hydrazone groups is 1. The van der Waals surface area contributed by atoms with Gasteiger partial charge in [-0.15, -0.1) is 0 Å². The molecule has 4 rings (SSSR count). The van der Waals surface area contributed by atoms with E-state index in [-0.39, 0.29) is 26.2 Å². The summed E-state index contributed by atoms with van der Waals surface area (Å²) in [5, 5.41) is 4.71. The Morgan fingerprint density at radius 2 is 1.37 bits per heavy atom. The second-order valence-corrected chi connectivity index (χ2v) is 9.76. The van der Waals surface area contributed by atoms with Crippen LogP contribution in [0.15, 0.2) is 92.0 Å². The smallest absolute Gasteiger partial charge is 0.350 e. The lowest BCUT2D eigenvalue weighted by Gasteiger charge is -2.20. The van der Waals surface area contributed by atoms with Crippen LogP contribution < -0.4 is 11.4 Å². The van der Waals surface area contributed by atoms with E-state index in [1.165, 1.54) is 6.07 Å². The summed E-state index contributed by atoms with van der Waals surface area (Å²) in [6, 6.07) is 19.3. The lowest BCUT2D eigenvalue weighted by Crippen LogP contribution is -2.38. The molecule has 0 fully saturated rings. The fourth-order valence-electron chi connectivity index (χ4n) is 4.09. The van der Waals surface area contributed by atoms with E-state index in [1.54, 1.807) is 87.5 Å². The number of hydrogen-bond donors (Lipinski definition) is 1. The van der Waals surface area contributed by atoms with E-state index in [0.717, 1.165) is 5.56 Å². The van der Waals surface area contributed by atoms with Crippen molar-refractivity contribution in [2.45, 2.75) is 25.7 Å². The minimum Gasteiger partial charge on any atom is -0.421 e. The third kappa shape index (κ3) is 4.45. The van der Waals surface area contributed by atoms with Crippen LogP contribution >= 0.6 is 0 Å². The van der Waals surface area contributed by atoms with Crippen molar-refractivity contribution in [3.63, 3.8) is 0 Å². The number of nitrogens with zero attached hydrogens (tertiary/aromatic N) is 2. The van der Waals surface area contributed by atoms with E-state index >= 15 is 0 Å². The standard InChI is InChI=1S/C26H23N3O5S/c1-16-14-18(3)25(24-22(16)17(2)15-21(30)34-24)35(32,33)29(26(27)31)28-23(19-10-6-4-7-11-19)20-12-8-5-9-13-20/h4-15H,1-3H3,(H2,27,31). The SMILES string of the molecule is Cc1cc(C)c2c(C)cc(=O)oc2c1S(=O)(=O)N(N=C(c1ccccc1)c1ccccc1)C(N)=O. The molecular weight excluding hydrogens is 466 g/mol. The molecule has 4 aromatic rings. The number of nitrogens with two attached hydrogens (primary N) is 1. The molecule has 8 nitrogen and oxygen atoms in total. The molecule has 0 spiro atoms. The van der Waals surface area contributed by atoms with E-state index in [2.05, 4.69) is 5.10 Å². The third-order valence-electron chi connectivity index (χ3n) is 5.51. The molecule has 0 radical (unpaired) electrons. The van der Waals surface area contributed by atoms with Gasteiger partial charge in [-0.05, 0) is 37.5 Å². The zero-order valence-corrected chi connectivity index (χ0v) is 20.2. The molecule has 0 bridgehead atoms. The number of benzene rings is 3. The highest BCUT2D eigenvalue weighted by Crippen LogP contribution is 2.33. The second-order valence-electron chi connectivity index (χ2n) is 8.06. The lowest BCUT2D eigenvalue weighted by atomic mass is 10.0. The summed E-state index contributed by atoms with van der Waals surface area (Å²) in [7, 11) is -4.68. The second kappa shape index (κ2) is 9.19. The van der Waals surface area contributed by atoms with Gasteiger partial charge in [-0.1, -0.05) is 71.1 Å². The van der Waals surface area contributed by atoms with E-state index in [4.69, 9.17) is 10.2 Å². The molecule has 0 aliphatic heterocycles. The Morgan fingerprint density at radius 1 is 0.857 bits per heavy atom. The van der Waals surface area contributed by atoms with Crippen molar-refractivity contribution < 1.29 is 17.6 Å². The maximum atomic E-state index is 13.9. The Kier molecular flexibility index (Phi) is 6.27. The summed E-state index contributed by atoms with van der Waals surface area (Å²) in [5.41, 5.74) is 7.64. The van der Waals surface area contributed by atoms with Crippen LogP contribution in [0.5, 0.6) is 0 Å². The van der Waals surface area contributed by atoms with Gasteiger partial charge >= 0.3 is 11.7 Å². The van der Waals surface area contributed by atoms with E-state index in [9.17, 15) is 18.0 Å². The van der Waals surface area contributed by atoms with Gasteiger partial charge in [0.25, 0.3) is 10.0 Å². The summed E-state index contributed by atoms with van der Waals surface area (Å²) in [6.45, 7) is 5.02. The Bertz CT molecular complexity index is 1590. The van der Waals surface area contributed by atoms with Crippen molar-refractivity contribution in [2.24, 2.45) is 10.8 Å². The quantitative estimate of drug-likeness (QED) is 0.255. The van der Waals surface area contributed by atoms with Gasteiger partial charge in [0, 0.05) is 22.6 Å². The Balaban J connectivity index is 2.03. The van der Waals surface area contributed by atoms with Crippen molar-refractivity contribution in [2.75, 3.05) is 0 Å². The van der Waals surface area contributed by atoms with Gasteiger partial charge in [0.05, 0.1) is 5.71 Å². The minimum absolute atomic E-state index is 0.144. The van der Waals surface area contributed by atoms with E-state index in [1.807, 2.05) is 0 Å². The number of carbonyl (C=O) groups is 1. The number of aryl methyl sites for hydroxylation is 3. The molecule has 2 amide bonds. The average molecular weight is 490 g/mol. The first kappa shape index (κ1) is 23.9. The van der Waals surface area contributed by atoms with Crippen molar-refractivity contribution >= 4 is 32.7 Å². The highest BCUT2D eigenvalue weighted by Gasteiger charge is 2.34. The zero-order chi connectivity index (χ0) is 25.3. The topological polar surface area (TPSA) is 123 Å². The van der Waals surface area contributed by atoms with Crippen molar-refractivity contribution in [3.05, 3.63) is 111 Å². The third-order valence-corrected chi connectivity index (χ3v) is 7.25. The van der Waals surface area contributed by atoms with Gasteiger partial charge in [-0.2, -0.15) is 13.5 Å². The van der Waals surface area contributed by atoms with Crippen molar-refractivity contribution in [1.29, 1.82) is 0 Å². The monoisotopic (exact) mass is 489 g/mol. The molecule has 0 saturated heterocycles. The van der Waals surface area contributed by atoms with Crippen LogP contribution in [0.4, 0.5) is 4.79 Å². The average Bonchev–Trinajstić information content (AvgIpc) is 2.79. The first-order valence-corrected chi connectivity index (χ1v) is 12.1. The van der Waals surface area contributed by atoms with E-state index in [0.29, 0.717) is 22.1 Å². The normalized spacial score (nSPS) is 11.3. The Labute approximate surface area is 202 Å². The predicted octanol–water partition coefficient (Wildman–Crippen LogP) is 4.24. The highest BCUT2D eigenvalue weighted by molar-refractivity contribution is 7.90. The molecule has 0 aliphatic rings. The van der Waals surface area contributed by atoms with E-state index < -0.39 is 21.7 Å². The predicted molar refractivity (Wildman–Crippen MR) is 134 cm³/mol. The summed E-state index contributed by atoms with van der Waals surface area (Å²) in [4.78, 5) is 24.4.